The third-order valence-electron chi connectivity index (χ3n) is 8.14. The van der Waals surface area contributed by atoms with Gasteiger partial charge in [-0.15, -0.1) is 0 Å². The number of halogens is 1. The van der Waals surface area contributed by atoms with E-state index in [-0.39, 0.29) is 24.4 Å². The van der Waals surface area contributed by atoms with E-state index in [0.29, 0.717) is 45.4 Å². The summed E-state index contributed by atoms with van der Waals surface area (Å²) in [5.41, 5.74) is 1.70. The van der Waals surface area contributed by atoms with Gasteiger partial charge in [-0.25, -0.2) is 4.39 Å². The van der Waals surface area contributed by atoms with Crippen molar-refractivity contribution >= 4 is 40.3 Å². The van der Waals surface area contributed by atoms with E-state index in [1.54, 1.807) is 12.1 Å². The van der Waals surface area contributed by atoms with Gasteiger partial charge in [0, 0.05) is 24.3 Å². The minimum absolute atomic E-state index is 0.000291. The fourth-order valence-electron chi connectivity index (χ4n) is 6.96. The van der Waals surface area contributed by atoms with Crippen LogP contribution in [0.3, 0.4) is 0 Å². The monoisotopic (exact) mass is 497 g/mol. The smallest absolute Gasteiger partial charge is 0.266 e. The summed E-state index contributed by atoms with van der Waals surface area (Å²) in [6.07, 6.45) is 9.35. The normalized spacial score (nSPS) is 31.3. The Morgan fingerprint density at radius 1 is 1.12 bits per heavy atom. The van der Waals surface area contributed by atoms with Crippen molar-refractivity contribution in [1.29, 1.82) is 0 Å². The highest BCUT2D eigenvalue weighted by atomic mass is 32.2. The Kier molecular flexibility index (Phi) is 5.90. The van der Waals surface area contributed by atoms with Crippen molar-refractivity contribution in [2.45, 2.75) is 51.0 Å². The number of carbonyl (C=O) groups excluding carboxylic acids is 1. The number of benzene rings is 1. The predicted octanol–water partition coefficient (Wildman–Crippen LogP) is 6.04. The summed E-state index contributed by atoms with van der Waals surface area (Å²) in [5.74, 6) is 3.77. The first-order valence-corrected chi connectivity index (χ1v) is 13.5. The maximum atomic E-state index is 13.6. The van der Waals surface area contributed by atoms with E-state index in [1.807, 2.05) is 17.0 Å². The van der Waals surface area contributed by atoms with Crippen LogP contribution in [0, 0.1) is 29.5 Å². The van der Waals surface area contributed by atoms with Gasteiger partial charge in [-0.2, -0.15) is 0 Å². The van der Waals surface area contributed by atoms with Gasteiger partial charge >= 0.3 is 0 Å². The lowest BCUT2D eigenvalue weighted by molar-refractivity contribution is -0.130. The minimum Gasteiger partial charge on any atom is -0.456 e. The fraction of sp³-hybridized carbons (Fsp3) is 0.481. The van der Waals surface area contributed by atoms with Crippen molar-refractivity contribution in [2.24, 2.45) is 23.7 Å². The van der Waals surface area contributed by atoms with Crippen molar-refractivity contribution in [1.82, 2.24) is 4.90 Å². The Labute approximate surface area is 208 Å². The molecule has 7 heteroatoms. The molecule has 34 heavy (non-hydrogen) atoms. The first kappa shape index (κ1) is 22.5. The highest BCUT2D eigenvalue weighted by Gasteiger charge is 2.53. The molecule has 4 saturated carbocycles. The third kappa shape index (κ3) is 3.95. The average molecular weight is 498 g/mol. The molecule has 1 aromatic carbocycles. The van der Waals surface area contributed by atoms with Crippen LogP contribution in [0.2, 0.25) is 0 Å². The molecule has 2 aromatic rings. The van der Waals surface area contributed by atoms with Crippen LogP contribution >= 0.6 is 24.0 Å². The van der Waals surface area contributed by atoms with E-state index in [4.69, 9.17) is 16.6 Å². The average Bonchev–Trinajstić information content (AvgIpc) is 3.33. The van der Waals surface area contributed by atoms with Crippen LogP contribution in [0.1, 0.15) is 49.8 Å². The second-order valence-corrected chi connectivity index (χ2v) is 12.0. The number of thiocarbonyl (C=S) groups is 1. The molecule has 0 spiro atoms. The van der Waals surface area contributed by atoms with Crippen molar-refractivity contribution in [3.63, 3.8) is 0 Å². The van der Waals surface area contributed by atoms with E-state index in [1.165, 1.54) is 56.0 Å². The van der Waals surface area contributed by atoms with E-state index >= 15 is 0 Å². The molecule has 1 N–H and O–H groups in total. The van der Waals surface area contributed by atoms with Crippen LogP contribution in [0.5, 0.6) is 0 Å². The summed E-state index contributed by atoms with van der Waals surface area (Å²) in [7, 11) is 0. The number of thioether (sulfide) groups is 1. The maximum Gasteiger partial charge on any atom is 0.266 e. The molecule has 4 bridgehead atoms. The van der Waals surface area contributed by atoms with Gasteiger partial charge in [-0.3, -0.25) is 9.69 Å². The molecular weight excluding hydrogens is 469 g/mol. The summed E-state index contributed by atoms with van der Waals surface area (Å²) in [5, 5.41) is 9.34. The molecule has 1 amide bonds. The van der Waals surface area contributed by atoms with Crippen LogP contribution < -0.4 is 0 Å². The van der Waals surface area contributed by atoms with Crippen LogP contribution in [0.4, 0.5) is 4.39 Å². The lowest BCUT2D eigenvalue weighted by Gasteiger charge is -2.56. The van der Waals surface area contributed by atoms with Gasteiger partial charge in [-0.05, 0) is 105 Å². The zero-order valence-corrected chi connectivity index (χ0v) is 20.5. The lowest BCUT2D eigenvalue weighted by atomic mass is 9.54. The first-order chi connectivity index (χ1) is 16.5. The molecule has 1 saturated heterocycles. The zero-order chi connectivity index (χ0) is 23.4. The van der Waals surface area contributed by atoms with Gasteiger partial charge < -0.3 is 9.52 Å². The van der Waals surface area contributed by atoms with E-state index in [0.717, 1.165) is 23.0 Å². The zero-order valence-electron chi connectivity index (χ0n) is 18.9. The van der Waals surface area contributed by atoms with Gasteiger partial charge in [0.1, 0.15) is 21.7 Å². The number of aliphatic hydroxyl groups excluding tert-OH is 1. The van der Waals surface area contributed by atoms with Gasteiger partial charge in [0.05, 0.1) is 4.91 Å². The Morgan fingerprint density at radius 2 is 1.79 bits per heavy atom. The van der Waals surface area contributed by atoms with Crippen molar-refractivity contribution < 1.29 is 18.7 Å². The van der Waals surface area contributed by atoms with E-state index in [2.05, 4.69) is 0 Å². The van der Waals surface area contributed by atoms with Crippen molar-refractivity contribution in [3.05, 3.63) is 52.4 Å². The molecule has 7 rings (SSSR count). The van der Waals surface area contributed by atoms with Crippen LogP contribution in [0.25, 0.3) is 17.4 Å². The molecular formula is C27H28FNO3S2. The molecule has 2 heterocycles. The van der Waals surface area contributed by atoms with Gasteiger partial charge in [0.25, 0.3) is 5.91 Å². The number of furan rings is 1. The molecule has 1 aromatic heterocycles. The van der Waals surface area contributed by atoms with Gasteiger partial charge in [0.15, 0.2) is 0 Å². The SMILES string of the molecule is O=C1C(=Cc2oc(-c3ccc(F)cc3)cc2CCCO)SC(=S)N1C1C2CC3CC(C2)CC1C3. The van der Waals surface area contributed by atoms with E-state index < -0.39 is 0 Å². The molecule has 1 aliphatic heterocycles. The minimum atomic E-state index is -0.301. The maximum absolute atomic E-state index is 13.6. The summed E-state index contributed by atoms with van der Waals surface area (Å²) < 4.78 is 20.2. The number of hydrogen-bond donors (Lipinski definition) is 1. The van der Waals surface area contributed by atoms with Gasteiger partial charge in [0.2, 0.25) is 0 Å². The summed E-state index contributed by atoms with van der Waals surface area (Å²) in [4.78, 5) is 16.1. The number of amides is 1. The second-order valence-electron chi connectivity index (χ2n) is 10.3. The summed E-state index contributed by atoms with van der Waals surface area (Å²) in [6.45, 7) is 0.0745. The predicted molar refractivity (Wildman–Crippen MR) is 135 cm³/mol. The number of nitrogens with zero attached hydrogens (tertiary/aromatic N) is 1. The number of carbonyl (C=O) groups is 1. The Hall–Kier alpha value is -1.96. The molecule has 5 aliphatic rings. The number of hydrogen-bond acceptors (Lipinski definition) is 5. The molecule has 0 radical (unpaired) electrons. The molecule has 0 unspecified atom stereocenters. The third-order valence-corrected chi connectivity index (χ3v) is 9.47. The first-order valence-electron chi connectivity index (χ1n) is 12.3. The second kappa shape index (κ2) is 8.92. The highest BCUT2D eigenvalue weighted by molar-refractivity contribution is 8.26. The molecule has 5 fully saturated rings. The standard InChI is InChI=1S/C27H28FNO3S2/c28-21-5-3-17(4-6-21)22-13-18(2-1-7-30)23(32-22)14-24-26(31)29(27(33)34-24)25-19-9-15-8-16(11-19)12-20(25)10-15/h3-6,13-16,19-20,25,30H,1-2,7-12H2. The Morgan fingerprint density at radius 3 is 2.44 bits per heavy atom. The fourth-order valence-corrected chi connectivity index (χ4v) is 8.28. The summed E-state index contributed by atoms with van der Waals surface area (Å²) in [6, 6.07) is 8.33. The molecule has 178 valence electrons. The van der Waals surface area contributed by atoms with E-state index in [9.17, 15) is 14.3 Å². The number of aryl methyl sites for hydroxylation is 1. The van der Waals surface area contributed by atoms with Crippen LogP contribution in [-0.4, -0.2) is 32.9 Å². The highest BCUT2D eigenvalue weighted by Crippen LogP contribution is 2.56. The quantitative estimate of drug-likeness (QED) is 0.390. The molecule has 0 atom stereocenters. The largest absolute Gasteiger partial charge is 0.456 e. The Balaban J connectivity index is 1.30. The number of rotatable bonds is 6. The summed E-state index contributed by atoms with van der Waals surface area (Å²) >= 11 is 7.11. The van der Waals surface area contributed by atoms with Crippen molar-refractivity contribution in [2.75, 3.05) is 6.61 Å². The lowest BCUT2D eigenvalue weighted by Crippen LogP contribution is -2.57. The van der Waals surface area contributed by atoms with Gasteiger partial charge in [-0.1, -0.05) is 24.0 Å². The van der Waals surface area contributed by atoms with Crippen LogP contribution in [0.15, 0.2) is 39.7 Å². The molecule has 4 aliphatic carbocycles. The van der Waals surface area contributed by atoms with Crippen molar-refractivity contribution in [3.8, 4) is 11.3 Å². The topological polar surface area (TPSA) is 53.7 Å². The molecule has 4 nitrogen and oxygen atoms in total. The van der Waals surface area contributed by atoms with Crippen LogP contribution in [-0.2, 0) is 11.2 Å². The Bertz CT molecular complexity index is 1130. The number of aliphatic hydroxyl groups is 1.